The number of carbonyl (C=O) groups excluding carboxylic acids is 1. The zero-order valence-electron chi connectivity index (χ0n) is 15.4. The summed E-state index contributed by atoms with van der Waals surface area (Å²) >= 11 is 0. The Bertz CT molecular complexity index is 943. The quantitative estimate of drug-likeness (QED) is 0.691. The summed E-state index contributed by atoms with van der Waals surface area (Å²) in [5, 5.41) is 4.04. The average Bonchev–Trinajstić information content (AvgIpc) is 3.32. The number of pyridine rings is 1. The number of amides is 1. The molecule has 2 fully saturated rings. The van der Waals surface area contributed by atoms with Gasteiger partial charge < -0.3 is 14.2 Å². The maximum atomic E-state index is 13.1. The molecule has 0 aliphatic carbocycles. The van der Waals surface area contributed by atoms with Crippen molar-refractivity contribution in [2.24, 2.45) is 0 Å². The van der Waals surface area contributed by atoms with E-state index < -0.39 is 0 Å². The number of rotatable bonds is 4. The molecule has 2 bridgehead atoms. The van der Waals surface area contributed by atoms with Gasteiger partial charge in [-0.05, 0) is 18.9 Å². The van der Waals surface area contributed by atoms with Crippen molar-refractivity contribution in [3.05, 3.63) is 66.5 Å². The van der Waals surface area contributed by atoms with Gasteiger partial charge in [-0.15, -0.1) is 0 Å². The van der Waals surface area contributed by atoms with Gasteiger partial charge in [0.15, 0.2) is 11.5 Å². The summed E-state index contributed by atoms with van der Waals surface area (Å²) in [7, 11) is 0. The van der Waals surface area contributed by atoms with Gasteiger partial charge in [0, 0.05) is 48.8 Å². The molecule has 2 aromatic heterocycles. The second kappa shape index (κ2) is 7.11. The molecule has 5 rings (SSSR count). The van der Waals surface area contributed by atoms with Crippen LogP contribution in [-0.2, 0) is 0 Å². The van der Waals surface area contributed by atoms with Crippen LogP contribution in [-0.4, -0.2) is 39.1 Å². The molecule has 0 saturated carbocycles. The van der Waals surface area contributed by atoms with E-state index >= 15 is 0 Å². The molecule has 2 unspecified atom stereocenters. The molecule has 0 radical (unpaired) electrons. The zero-order chi connectivity index (χ0) is 18.9. The van der Waals surface area contributed by atoms with Crippen LogP contribution in [0.1, 0.15) is 36.2 Å². The summed E-state index contributed by atoms with van der Waals surface area (Å²) in [6, 6.07) is 17.5. The van der Waals surface area contributed by atoms with E-state index in [4.69, 9.17) is 9.26 Å². The largest absolute Gasteiger partial charge is 0.474 e. The summed E-state index contributed by atoms with van der Waals surface area (Å²) in [6.07, 6.45) is 5.47. The number of fused-ring (bicyclic) bond motifs is 2. The first-order valence-corrected chi connectivity index (χ1v) is 9.70. The van der Waals surface area contributed by atoms with Gasteiger partial charge in [-0.3, -0.25) is 4.79 Å². The van der Waals surface area contributed by atoms with E-state index in [1.54, 1.807) is 12.3 Å². The van der Waals surface area contributed by atoms with Crippen LogP contribution in [0.3, 0.4) is 0 Å². The van der Waals surface area contributed by atoms with Gasteiger partial charge in [0.2, 0.25) is 5.88 Å². The van der Waals surface area contributed by atoms with Crippen LogP contribution in [0.4, 0.5) is 0 Å². The van der Waals surface area contributed by atoms with Gasteiger partial charge in [-0.25, -0.2) is 4.98 Å². The molecule has 6 nitrogen and oxygen atoms in total. The molecule has 28 heavy (non-hydrogen) atoms. The van der Waals surface area contributed by atoms with Crippen LogP contribution in [0.15, 0.2) is 65.3 Å². The second-order valence-electron chi connectivity index (χ2n) is 7.42. The minimum atomic E-state index is -0.0466. The zero-order valence-corrected chi connectivity index (χ0v) is 15.4. The molecule has 2 aliphatic rings. The van der Waals surface area contributed by atoms with Gasteiger partial charge >= 0.3 is 0 Å². The highest BCUT2D eigenvalue weighted by Gasteiger charge is 2.45. The first kappa shape index (κ1) is 17.0. The van der Waals surface area contributed by atoms with E-state index in [0.29, 0.717) is 17.3 Å². The third-order valence-electron chi connectivity index (χ3n) is 5.64. The van der Waals surface area contributed by atoms with Crippen molar-refractivity contribution in [3.63, 3.8) is 0 Å². The summed E-state index contributed by atoms with van der Waals surface area (Å²) in [5.74, 6) is 1.22. The number of hydrogen-bond acceptors (Lipinski definition) is 5. The molecule has 3 aromatic rings. The first-order chi connectivity index (χ1) is 13.8. The van der Waals surface area contributed by atoms with Gasteiger partial charge in [-0.1, -0.05) is 41.6 Å². The molecule has 4 heterocycles. The highest BCUT2D eigenvalue weighted by molar-refractivity contribution is 5.93. The van der Waals surface area contributed by atoms with E-state index in [0.717, 1.165) is 31.2 Å². The smallest absolute Gasteiger partial charge is 0.276 e. The van der Waals surface area contributed by atoms with Crippen molar-refractivity contribution in [3.8, 4) is 17.2 Å². The average molecular weight is 375 g/mol. The third kappa shape index (κ3) is 3.15. The number of carbonyl (C=O) groups is 1. The Morgan fingerprint density at radius 1 is 1.04 bits per heavy atom. The van der Waals surface area contributed by atoms with E-state index in [1.165, 1.54) is 0 Å². The number of nitrogens with zero attached hydrogens (tertiary/aromatic N) is 3. The minimum absolute atomic E-state index is 0.0466. The SMILES string of the molecule is O=C(c1cc(-c2ccccc2)on1)N1C2CCC1CC(Oc1ccccn1)C2. The standard InChI is InChI=1S/C22H21N3O3/c26-22(19-14-20(28-24-19)15-6-2-1-3-7-15)25-16-9-10-17(25)13-18(12-16)27-21-8-4-5-11-23-21/h1-8,11,14,16-18H,9-10,12-13H2. The Morgan fingerprint density at radius 2 is 1.79 bits per heavy atom. The summed E-state index contributed by atoms with van der Waals surface area (Å²) < 4.78 is 11.5. The Morgan fingerprint density at radius 3 is 2.50 bits per heavy atom. The van der Waals surface area contributed by atoms with E-state index in [1.807, 2.05) is 53.4 Å². The fourth-order valence-corrected chi connectivity index (χ4v) is 4.39. The van der Waals surface area contributed by atoms with Crippen molar-refractivity contribution in [2.75, 3.05) is 0 Å². The molecule has 1 amide bonds. The molecule has 2 aliphatic heterocycles. The lowest BCUT2D eigenvalue weighted by Gasteiger charge is -2.38. The normalized spacial score (nSPS) is 23.6. The van der Waals surface area contributed by atoms with E-state index in [2.05, 4.69) is 10.1 Å². The fourth-order valence-electron chi connectivity index (χ4n) is 4.39. The van der Waals surface area contributed by atoms with Gasteiger partial charge in [0.25, 0.3) is 5.91 Å². The number of aromatic nitrogens is 2. The highest BCUT2D eigenvalue weighted by Crippen LogP contribution is 2.38. The van der Waals surface area contributed by atoms with Crippen molar-refractivity contribution in [1.29, 1.82) is 0 Å². The Hall–Kier alpha value is -3.15. The first-order valence-electron chi connectivity index (χ1n) is 9.70. The van der Waals surface area contributed by atoms with Crippen molar-refractivity contribution in [2.45, 2.75) is 43.9 Å². The van der Waals surface area contributed by atoms with Crippen molar-refractivity contribution in [1.82, 2.24) is 15.0 Å². The molecule has 2 atom stereocenters. The number of benzene rings is 1. The topological polar surface area (TPSA) is 68.5 Å². The van der Waals surface area contributed by atoms with Gasteiger partial charge in [0.1, 0.15) is 6.10 Å². The lowest BCUT2D eigenvalue weighted by Crippen LogP contribution is -2.49. The van der Waals surface area contributed by atoms with Crippen molar-refractivity contribution >= 4 is 5.91 Å². The monoisotopic (exact) mass is 375 g/mol. The lowest BCUT2D eigenvalue weighted by molar-refractivity contribution is 0.0340. The predicted octanol–water partition coefficient (Wildman–Crippen LogP) is 3.95. The predicted molar refractivity (Wildman–Crippen MR) is 103 cm³/mol. The summed E-state index contributed by atoms with van der Waals surface area (Å²) in [6.45, 7) is 0. The van der Waals surface area contributed by atoms with Crippen LogP contribution in [0.2, 0.25) is 0 Å². The fraction of sp³-hybridized carbons (Fsp3) is 0.318. The highest BCUT2D eigenvalue weighted by atomic mass is 16.5. The third-order valence-corrected chi connectivity index (χ3v) is 5.64. The molecular formula is C22H21N3O3. The number of ether oxygens (including phenoxy) is 1. The Labute approximate surface area is 163 Å². The molecule has 2 saturated heterocycles. The molecule has 0 spiro atoms. The molecular weight excluding hydrogens is 354 g/mol. The van der Waals surface area contributed by atoms with Crippen molar-refractivity contribution < 1.29 is 14.1 Å². The number of hydrogen-bond donors (Lipinski definition) is 0. The van der Waals surface area contributed by atoms with E-state index in [9.17, 15) is 4.79 Å². The minimum Gasteiger partial charge on any atom is -0.474 e. The number of piperidine rings is 1. The molecule has 6 heteroatoms. The molecule has 1 aromatic carbocycles. The Balaban J connectivity index is 1.30. The van der Waals surface area contributed by atoms with Gasteiger partial charge in [0.05, 0.1) is 0 Å². The molecule has 0 N–H and O–H groups in total. The second-order valence-corrected chi connectivity index (χ2v) is 7.42. The van der Waals surface area contributed by atoms with Gasteiger partial charge in [-0.2, -0.15) is 0 Å². The van der Waals surface area contributed by atoms with Crippen LogP contribution in [0, 0.1) is 0 Å². The van der Waals surface area contributed by atoms with Crippen LogP contribution < -0.4 is 4.74 Å². The summed E-state index contributed by atoms with van der Waals surface area (Å²) in [4.78, 5) is 19.4. The maximum Gasteiger partial charge on any atom is 0.276 e. The lowest BCUT2D eigenvalue weighted by atomic mass is 9.99. The van der Waals surface area contributed by atoms with Crippen LogP contribution in [0.25, 0.3) is 11.3 Å². The van der Waals surface area contributed by atoms with Crippen LogP contribution >= 0.6 is 0 Å². The van der Waals surface area contributed by atoms with E-state index in [-0.39, 0.29) is 24.1 Å². The summed E-state index contributed by atoms with van der Waals surface area (Å²) in [5.41, 5.74) is 1.29. The van der Waals surface area contributed by atoms with Crippen LogP contribution in [0.5, 0.6) is 5.88 Å². The Kier molecular flexibility index (Phi) is 4.31. The maximum absolute atomic E-state index is 13.1. The molecule has 142 valence electrons.